The number of carbonyl (C=O) groups excluding carboxylic acids is 2. The van der Waals surface area contributed by atoms with Gasteiger partial charge in [0.1, 0.15) is 0 Å². The minimum Gasteiger partial charge on any atom is -0.478 e. The predicted molar refractivity (Wildman–Crippen MR) is 72.5 cm³/mol. The van der Waals surface area contributed by atoms with Crippen LogP contribution in [-0.2, 0) is 9.47 Å². The van der Waals surface area contributed by atoms with Crippen molar-refractivity contribution in [3.8, 4) is 0 Å². The summed E-state index contributed by atoms with van der Waals surface area (Å²) in [5, 5.41) is 18.6. The highest BCUT2D eigenvalue weighted by atomic mass is 16.5. The molecule has 0 amide bonds. The van der Waals surface area contributed by atoms with E-state index in [1.807, 2.05) is 0 Å². The Kier molecular flexibility index (Phi) is 4.87. The van der Waals surface area contributed by atoms with Crippen LogP contribution in [0.15, 0.2) is 0 Å². The highest BCUT2D eigenvalue weighted by molar-refractivity contribution is 6.12. The van der Waals surface area contributed by atoms with Crippen molar-refractivity contribution in [2.24, 2.45) is 0 Å². The Morgan fingerprint density at radius 3 is 1.18 bits per heavy atom. The molecule has 0 bridgehead atoms. The number of rotatable bonds is 4. The molecule has 118 valence electrons. The molecule has 22 heavy (non-hydrogen) atoms. The summed E-state index contributed by atoms with van der Waals surface area (Å²) >= 11 is 0. The molecule has 0 saturated carbocycles. The SMILES string of the molecule is COC(=O)c1c(C)c(C(=O)OC)c(C(=O)O)c(C)c1C(=O)O. The van der Waals surface area contributed by atoms with E-state index in [0.717, 1.165) is 14.2 Å². The molecule has 1 aromatic carbocycles. The van der Waals surface area contributed by atoms with E-state index in [9.17, 15) is 29.4 Å². The molecule has 0 radical (unpaired) electrons. The van der Waals surface area contributed by atoms with Crippen molar-refractivity contribution in [2.45, 2.75) is 13.8 Å². The van der Waals surface area contributed by atoms with Crippen molar-refractivity contribution in [3.63, 3.8) is 0 Å². The Morgan fingerprint density at radius 2 is 0.955 bits per heavy atom. The number of aromatic carboxylic acids is 2. The number of hydrogen-bond donors (Lipinski definition) is 2. The van der Waals surface area contributed by atoms with Crippen LogP contribution in [0.5, 0.6) is 0 Å². The van der Waals surface area contributed by atoms with E-state index in [0.29, 0.717) is 0 Å². The Hall–Kier alpha value is -2.90. The number of esters is 2. The molecule has 0 aliphatic heterocycles. The van der Waals surface area contributed by atoms with Crippen molar-refractivity contribution >= 4 is 23.9 Å². The monoisotopic (exact) mass is 310 g/mol. The third-order valence-electron chi connectivity index (χ3n) is 3.21. The summed E-state index contributed by atoms with van der Waals surface area (Å²) in [5.41, 5.74) is -2.15. The van der Waals surface area contributed by atoms with Gasteiger partial charge in [-0.25, -0.2) is 19.2 Å². The number of ether oxygens (including phenoxy) is 2. The van der Waals surface area contributed by atoms with Crippen LogP contribution in [0.1, 0.15) is 52.6 Å². The van der Waals surface area contributed by atoms with Gasteiger partial charge in [0.25, 0.3) is 0 Å². The van der Waals surface area contributed by atoms with Gasteiger partial charge in [-0.05, 0) is 25.0 Å². The Morgan fingerprint density at radius 1 is 0.682 bits per heavy atom. The van der Waals surface area contributed by atoms with Gasteiger partial charge >= 0.3 is 23.9 Å². The minimum absolute atomic E-state index is 0.126. The second kappa shape index (κ2) is 6.25. The number of carbonyl (C=O) groups is 4. The number of methoxy groups -OCH3 is 2. The second-order valence-corrected chi connectivity index (χ2v) is 4.34. The molecule has 0 aliphatic carbocycles. The molecule has 0 unspecified atom stereocenters. The van der Waals surface area contributed by atoms with Crippen LogP contribution in [-0.4, -0.2) is 48.3 Å². The topological polar surface area (TPSA) is 127 Å². The molecule has 8 nitrogen and oxygen atoms in total. The molecule has 0 aliphatic rings. The molecule has 2 N–H and O–H groups in total. The van der Waals surface area contributed by atoms with Gasteiger partial charge in [-0.15, -0.1) is 0 Å². The maximum absolute atomic E-state index is 11.9. The summed E-state index contributed by atoms with van der Waals surface area (Å²) in [7, 11) is 2.09. The van der Waals surface area contributed by atoms with Crippen LogP contribution in [0.4, 0.5) is 0 Å². The van der Waals surface area contributed by atoms with Gasteiger partial charge in [0.2, 0.25) is 0 Å². The van der Waals surface area contributed by atoms with Crippen LogP contribution >= 0.6 is 0 Å². The largest absolute Gasteiger partial charge is 0.478 e. The normalized spacial score (nSPS) is 10.0. The lowest BCUT2D eigenvalue weighted by Gasteiger charge is -2.17. The molecule has 0 fully saturated rings. The molecule has 0 aromatic heterocycles. The quantitative estimate of drug-likeness (QED) is 0.796. The summed E-state index contributed by atoms with van der Waals surface area (Å²) in [6, 6.07) is 0. The van der Waals surface area contributed by atoms with Gasteiger partial charge in [0.05, 0.1) is 36.5 Å². The van der Waals surface area contributed by atoms with Gasteiger partial charge < -0.3 is 19.7 Å². The third kappa shape index (κ3) is 2.62. The predicted octanol–water partition coefficient (Wildman–Crippen LogP) is 1.27. The number of carboxylic acids is 2. The molecule has 0 atom stereocenters. The fraction of sp³-hybridized carbons (Fsp3) is 0.286. The zero-order valence-corrected chi connectivity index (χ0v) is 12.3. The van der Waals surface area contributed by atoms with E-state index in [4.69, 9.17) is 0 Å². The second-order valence-electron chi connectivity index (χ2n) is 4.34. The fourth-order valence-electron chi connectivity index (χ4n) is 2.25. The van der Waals surface area contributed by atoms with Crippen molar-refractivity contribution in [1.82, 2.24) is 0 Å². The van der Waals surface area contributed by atoms with Gasteiger partial charge in [-0.1, -0.05) is 0 Å². The zero-order valence-electron chi connectivity index (χ0n) is 12.3. The van der Waals surface area contributed by atoms with Crippen LogP contribution in [0, 0.1) is 13.8 Å². The summed E-state index contributed by atoms with van der Waals surface area (Å²) in [4.78, 5) is 46.6. The highest BCUT2D eigenvalue weighted by Crippen LogP contribution is 2.29. The molecular weight excluding hydrogens is 296 g/mol. The lowest BCUT2D eigenvalue weighted by atomic mass is 9.87. The molecule has 0 saturated heterocycles. The van der Waals surface area contributed by atoms with E-state index >= 15 is 0 Å². The van der Waals surface area contributed by atoms with Crippen LogP contribution in [0.2, 0.25) is 0 Å². The summed E-state index contributed by atoms with van der Waals surface area (Å²) in [5.74, 6) is -4.97. The van der Waals surface area contributed by atoms with Gasteiger partial charge in [0, 0.05) is 0 Å². The first-order chi connectivity index (χ1) is 10.2. The number of hydrogen-bond acceptors (Lipinski definition) is 6. The first kappa shape index (κ1) is 17.2. The minimum atomic E-state index is -1.50. The molecule has 8 heteroatoms. The van der Waals surface area contributed by atoms with Crippen LogP contribution < -0.4 is 0 Å². The third-order valence-corrected chi connectivity index (χ3v) is 3.21. The van der Waals surface area contributed by atoms with Crippen molar-refractivity contribution in [3.05, 3.63) is 33.4 Å². The summed E-state index contributed by atoms with van der Waals surface area (Å²) in [6.07, 6.45) is 0. The molecule has 1 aromatic rings. The first-order valence-corrected chi connectivity index (χ1v) is 5.99. The lowest BCUT2D eigenvalue weighted by Crippen LogP contribution is -2.22. The van der Waals surface area contributed by atoms with Crippen LogP contribution in [0.3, 0.4) is 0 Å². The average Bonchev–Trinajstić information content (AvgIpc) is 2.45. The first-order valence-electron chi connectivity index (χ1n) is 5.99. The summed E-state index contributed by atoms with van der Waals surface area (Å²) < 4.78 is 9.06. The Bertz CT molecular complexity index is 632. The van der Waals surface area contributed by atoms with E-state index in [-0.39, 0.29) is 22.3 Å². The van der Waals surface area contributed by atoms with Crippen molar-refractivity contribution in [2.75, 3.05) is 14.2 Å². The lowest BCUT2D eigenvalue weighted by molar-refractivity contribution is 0.0568. The fourth-order valence-corrected chi connectivity index (χ4v) is 2.25. The van der Waals surface area contributed by atoms with Crippen LogP contribution in [0.25, 0.3) is 0 Å². The van der Waals surface area contributed by atoms with E-state index in [1.54, 1.807) is 0 Å². The summed E-state index contributed by atoms with van der Waals surface area (Å²) in [6.45, 7) is 2.46. The maximum Gasteiger partial charge on any atom is 0.339 e. The molecule has 0 heterocycles. The molecular formula is C14H14O8. The highest BCUT2D eigenvalue weighted by Gasteiger charge is 2.33. The standard InChI is InChI=1S/C14H14O8/c1-5-7(11(15)16)9(13(19)21-3)6(2)10(14(20)22-4)8(5)12(17)18/h1-4H3,(H,15,16)(H,17,18). The van der Waals surface area contributed by atoms with Crippen molar-refractivity contribution < 1.29 is 38.9 Å². The van der Waals surface area contributed by atoms with E-state index < -0.39 is 35.0 Å². The van der Waals surface area contributed by atoms with Gasteiger partial charge in [-0.3, -0.25) is 0 Å². The van der Waals surface area contributed by atoms with Crippen molar-refractivity contribution in [1.29, 1.82) is 0 Å². The Labute approximate surface area is 125 Å². The number of carboxylic acid groups (broad SMARTS) is 2. The van der Waals surface area contributed by atoms with E-state index in [1.165, 1.54) is 13.8 Å². The number of benzene rings is 1. The molecule has 1 rings (SSSR count). The molecule has 0 spiro atoms. The van der Waals surface area contributed by atoms with Gasteiger partial charge in [0.15, 0.2) is 0 Å². The van der Waals surface area contributed by atoms with Gasteiger partial charge in [-0.2, -0.15) is 0 Å². The maximum atomic E-state index is 11.9. The van der Waals surface area contributed by atoms with E-state index in [2.05, 4.69) is 9.47 Å². The smallest absolute Gasteiger partial charge is 0.339 e. The zero-order chi connectivity index (χ0) is 17.2. The Balaban J connectivity index is 4.07. The average molecular weight is 310 g/mol.